The van der Waals surface area contributed by atoms with Gasteiger partial charge in [-0.3, -0.25) is 4.79 Å². The van der Waals surface area contributed by atoms with E-state index in [-0.39, 0.29) is 4.69 Å². The van der Waals surface area contributed by atoms with Crippen molar-refractivity contribution in [3.63, 3.8) is 0 Å². The third-order valence-corrected chi connectivity index (χ3v) is 2.65. The van der Waals surface area contributed by atoms with E-state index < -0.39 is 0 Å². The lowest BCUT2D eigenvalue weighted by molar-refractivity contribution is 0.109. The molecule has 1 aromatic rings. The Morgan fingerprint density at radius 3 is 2.67 bits per heavy atom. The van der Waals surface area contributed by atoms with Gasteiger partial charge in [0.1, 0.15) is 0 Å². The van der Waals surface area contributed by atoms with Gasteiger partial charge in [0.2, 0.25) is 4.69 Å². The second-order valence-corrected chi connectivity index (χ2v) is 3.85. The molecule has 1 nitrogen and oxygen atoms in total. The lowest BCUT2D eigenvalue weighted by Gasteiger charge is -2.03. The summed E-state index contributed by atoms with van der Waals surface area (Å²) in [5.74, 6) is 0. The molecule has 0 heterocycles. The van der Waals surface area contributed by atoms with Crippen molar-refractivity contribution in [3.05, 3.63) is 34.9 Å². The van der Waals surface area contributed by atoms with Crippen molar-refractivity contribution in [3.8, 4) is 0 Å². The molecule has 0 unspecified atom stereocenters. The van der Waals surface area contributed by atoms with Crippen LogP contribution in [0.2, 0.25) is 0 Å². The van der Waals surface area contributed by atoms with Gasteiger partial charge in [-0.15, -0.1) is 0 Å². The molecule has 1 aromatic carbocycles. The fourth-order valence-corrected chi connectivity index (χ4v) is 1.88. The predicted molar refractivity (Wildman–Crippen MR) is 57.1 cm³/mol. The molecule has 0 bridgehead atoms. The summed E-state index contributed by atoms with van der Waals surface area (Å²) in [6.07, 6.45) is 0. The molecule has 1 rings (SSSR count). The third kappa shape index (κ3) is 2.17. The van der Waals surface area contributed by atoms with Crippen LogP contribution in [0.4, 0.5) is 0 Å². The topological polar surface area (TPSA) is 17.1 Å². The number of hydrogen-bond acceptors (Lipinski definition) is 1. The molecule has 0 amide bonds. The maximum absolute atomic E-state index is 11.0. The minimum absolute atomic E-state index is 0.0584. The van der Waals surface area contributed by atoms with Gasteiger partial charge in [0.05, 0.1) is 0 Å². The fraction of sp³-hybridized carbons (Fsp3) is 0.222. The van der Waals surface area contributed by atoms with Gasteiger partial charge in [-0.2, -0.15) is 0 Å². The average Bonchev–Trinajstić information content (AvgIpc) is 2.03. The fourth-order valence-electron chi connectivity index (χ4n) is 1.02. The zero-order chi connectivity index (χ0) is 9.14. The van der Waals surface area contributed by atoms with Gasteiger partial charge in [0.25, 0.3) is 0 Å². The Bertz CT molecular complexity index is 307. The van der Waals surface area contributed by atoms with Crippen LogP contribution in [0.25, 0.3) is 0 Å². The van der Waals surface area contributed by atoms with Crippen LogP contribution in [0, 0.1) is 6.92 Å². The molecule has 0 aromatic heterocycles. The highest BCUT2D eigenvalue weighted by Crippen LogP contribution is 2.17. The number of benzene rings is 1. The van der Waals surface area contributed by atoms with Crippen LogP contribution in [0.1, 0.15) is 21.5 Å². The first-order chi connectivity index (χ1) is 5.65. The molecule has 64 valence electrons. The highest BCUT2D eigenvalue weighted by atomic mass is 79.9. The van der Waals surface area contributed by atoms with Crippen molar-refractivity contribution in [1.82, 2.24) is 0 Å². The smallest absolute Gasteiger partial charge is 0.228 e. The van der Waals surface area contributed by atoms with Gasteiger partial charge in [-0.05, 0) is 34.5 Å². The number of hydrogen-bond donors (Lipinski definition) is 0. The summed E-state index contributed by atoms with van der Waals surface area (Å²) in [5.41, 5.74) is 2.93. The van der Waals surface area contributed by atoms with E-state index in [1.54, 1.807) is 0 Å². The number of rotatable bonds is 2. The van der Waals surface area contributed by atoms with Crippen LogP contribution < -0.4 is 0 Å². The number of alkyl halides is 1. The van der Waals surface area contributed by atoms with Gasteiger partial charge in [0.15, 0.2) is 0 Å². The van der Waals surface area contributed by atoms with E-state index in [1.165, 1.54) is 5.56 Å². The van der Waals surface area contributed by atoms with Crippen molar-refractivity contribution < 1.29 is 4.79 Å². The Morgan fingerprint density at radius 1 is 1.50 bits per heavy atom. The summed E-state index contributed by atoms with van der Waals surface area (Å²) in [4.78, 5) is 11.0. The molecule has 0 aliphatic carbocycles. The lowest BCUT2D eigenvalue weighted by atomic mass is 10.1. The summed E-state index contributed by atoms with van der Waals surface area (Å²) in [5, 5.41) is 0.710. The number of carbonyl (C=O) groups excluding carboxylic acids is 1. The zero-order valence-electron chi connectivity index (χ0n) is 6.60. The maximum Gasteiger partial charge on any atom is 0.228 e. The molecule has 0 fully saturated rings. The summed E-state index contributed by atoms with van der Waals surface area (Å²) in [7, 11) is 0. The van der Waals surface area contributed by atoms with E-state index in [4.69, 9.17) is 0 Å². The van der Waals surface area contributed by atoms with Crippen LogP contribution in [-0.2, 0) is 5.33 Å². The molecular formula is C9H8Br2O. The van der Waals surface area contributed by atoms with Gasteiger partial charge in [-0.25, -0.2) is 0 Å². The molecule has 12 heavy (non-hydrogen) atoms. The molecule has 0 saturated heterocycles. The Hall–Kier alpha value is -0.150. The largest absolute Gasteiger partial charge is 0.281 e. The summed E-state index contributed by atoms with van der Waals surface area (Å²) < 4.78 is -0.0584. The second kappa shape index (κ2) is 4.19. The predicted octanol–water partition coefficient (Wildman–Crippen LogP) is 3.43. The third-order valence-electron chi connectivity index (χ3n) is 1.62. The van der Waals surface area contributed by atoms with E-state index in [0.717, 1.165) is 11.1 Å². The molecular weight excluding hydrogens is 284 g/mol. The van der Waals surface area contributed by atoms with Gasteiger partial charge in [-0.1, -0.05) is 33.6 Å². The average molecular weight is 292 g/mol. The molecule has 0 atom stereocenters. The van der Waals surface area contributed by atoms with Gasteiger partial charge in [0, 0.05) is 10.9 Å². The van der Waals surface area contributed by atoms with Crippen LogP contribution in [-0.4, -0.2) is 4.69 Å². The first-order valence-corrected chi connectivity index (χ1v) is 5.42. The highest BCUT2D eigenvalue weighted by molar-refractivity contribution is 9.18. The number of carbonyl (C=O) groups is 1. The second-order valence-electron chi connectivity index (χ2n) is 2.57. The maximum atomic E-state index is 11.0. The van der Waals surface area contributed by atoms with Crippen molar-refractivity contribution >= 4 is 36.6 Å². The first-order valence-electron chi connectivity index (χ1n) is 3.50. The lowest BCUT2D eigenvalue weighted by Crippen LogP contribution is -1.95. The quantitative estimate of drug-likeness (QED) is 0.603. The summed E-state index contributed by atoms with van der Waals surface area (Å²) in [6.45, 7) is 2.01. The van der Waals surface area contributed by atoms with E-state index >= 15 is 0 Å². The van der Waals surface area contributed by atoms with Gasteiger partial charge >= 0.3 is 0 Å². The molecule has 3 heteroatoms. The van der Waals surface area contributed by atoms with Crippen LogP contribution in [0.15, 0.2) is 18.2 Å². The Morgan fingerprint density at radius 2 is 2.17 bits per heavy atom. The first kappa shape index (κ1) is 9.93. The molecule has 0 aliphatic heterocycles. The number of aryl methyl sites for hydroxylation is 1. The number of halogens is 2. The van der Waals surface area contributed by atoms with Crippen molar-refractivity contribution in [1.29, 1.82) is 0 Å². The normalized spacial score (nSPS) is 9.92. The van der Waals surface area contributed by atoms with Crippen LogP contribution in [0.3, 0.4) is 0 Å². The van der Waals surface area contributed by atoms with E-state index in [1.807, 2.05) is 25.1 Å². The highest BCUT2D eigenvalue weighted by Gasteiger charge is 2.06. The zero-order valence-corrected chi connectivity index (χ0v) is 9.78. The van der Waals surface area contributed by atoms with Crippen molar-refractivity contribution in [2.75, 3.05) is 0 Å². The molecule has 0 saturated carbocycles. The molecule has 0 N–H and O–H groups in total. The minimum Gasteiger partial charge on any atom is -0.281 e. The summed E-state index contributed by atoms with van der Waals surface area (Å²) >= 11 is 6.28. The summed E-state index contributed by atoms with van der Waals surface area (Å²) in [6, 6.07) is 5.77. The van der Waals surface area contributed by atoms with Crippen molar-refractivity contribution in [2.24, 2.45) is 0 Å². The standard InChI is InChI=1S/C9H8Br2O/c1-6-2-3-8(9(11)12)7(4-6)5-10/h2-4H,5H2,1H3. The SMILES string of the molecule is Cc1ccc(C(=O)Br)c(CBr)c1. The van der Waals surface area contributed by atoms with Gasteiger partial charge < -0.3 is 0 Å². The minimum atomic E-state index is -0.0584. The van der Waals surface area contributed by atoms with E-state index in [0.29, 0.717) is 5.33 Å². The van der Waals surface area contributed by atoms with Crippen LogP contribution in [0.5, 0.6) is 0 Å². The molecule has 0 spiro atoms. The van der Waals surface area contributed by atoms with Crippen molar-refractivity contribution in [2.45, 2.75) is 12.3 Å². The monoisotopic (exact) mass is 290 g/mol. The van der Waals surface area contributed by atoms with Crippen LogP contribution >= 0.6 is 31.9 Å². The molecule has 0 radical (unpaired) electrons. The Labute approximate surface area is 88.4 Å². The van der Waals surface area contributed by atoms with E-state index in [9.17, 15) is 4.79 Å². The van der Waals surface area contributed by atoms with E-state index in [2.05, 4.69) is 31.9 Å². The molecule has 0 aliphatic rings. The Balaban J connectivity index is 3.20. The Kier molecular flexibility index (Phi) is 3.47.